The fourth-order valence-corrected chi connectivity index (χ4v) is 2.18. The van der Waals surface area contributed by atoms with Crippen LogP contribution in [0.15, 0.2) is 18.2 Å². The molecule has 2 heterocycles. The third-order valence-corrected chi connectivity index (χ3v) is 3.10. The molecular formula is C13H17NO3. The Morgan fingerprint density at radius 3 is 3.00 bits per heavy atom. The number of hydrogen-bond acceptors (Lipinski definition) is 4. The summed E-state index contributed by atoms with van der Waals surface area (Å²) in [6, 6.07) is 6.19. The molecule has 3 rings (SSSR count). The van der Waals surface area contributed by atoms with Crippen LogP contribution in [0, 0.1) is 0 Å². The van der Waals surface area contributed by atoms with Crippen molar-refractivity contribution in [1.82, 2.24) is 5.32 Å². The van der Waals surface area contributed by atoms with E-state index in [0.29, 0.717) is 13.3 Å². The molecule has 17 heavy (non-hydrogen) atoms. The lowest BCUT2D eigenvalue weighted by molar-refractivity contribution is -0.180. The van der Waals surface area contributed by atoms with Crippen LogP contribution in [0.2, 0.25) is 0 Å². The molecule has 1 N–H and O–H groups in total. The van der Waals surface area contributed by atoms with Crippen LogP contribution < -0.4 is 10.1 Å². The minimum Gasteiger partial charge on any atom is -0.463 e. The van der Waals surface area contributed by atoms with Gasteiger partial charge in [-0.2, -0.15) is 0 Å². The quantitative estimate of drug-likeness (QED) is 0.807. The highest BCUT2D eigenvalue weighted by Crippen LogP contribution is 2.33. The summed E-state index contributed by atoms with van der Waals surface area (Å²) >= 11 is 0. The molecule has 4 heteroatoms. The minimum atomic E-state index is -0.528. The first-order valence-electron chi connectivity index (χ1n) is 5.92. The zero-order chi connectivity index (χ0) is 11.9. The number of nitrogens with one attached hydrogen (secondary N) is 1. The van der Waals surface area contributed by atoms with Gasteiger partial charge in [0.25, 0.3) is 0 Å². The fourth-order valence-electron chi connectivity index (χ4n) is 2.18. The predicted molar refractivity (Wildman–Crippen MR) is 62.6 cm³/mol. The third kappa shape index (κ3) is 2.16. The lowest BCUT2D eigenvalue weighted by Crippen LogP contribution is -2.35. The largest absolute Gasteiger partial charge is 0.463 e. The van der Waals surface area contributed by atoms with Crippen molar-refractivity contribution in [3.05, 3.63) is 29.3 Å². The van der Waals surface area contributed by atoms with Crippen LogP contribution >= 0.6 is 0 Å². The second-order valence-corrected chi connectivity index (χ2v) is 4.91. The van der Waals surface area contributed by atoms with Gasteiger partial charge < -0.3 is 14.2 Å². The SMILES string of the molecule is CC1(C)OCc2cc([C@@H]3CNCO3)ccc2O1. The second kappa shape index (κ2) is 3.98. The molecule has 1 saturated heterocycles. The van der Waals surface area contributed by atoms with Crippen molar-refractivity contribution in [2.45, 2.75) is 32.3 Å². The maximum absolute atomic E-state index is 5.76. The predicted octanol–water partition coefficient (Wildman–Crippen LogP) is 1.95. The maximum Gasteiger partial charge on any atom is 0.205 e. The Hall–Kier alpha value is -1.10. The topological polar surface area (TPSA) is 39.7 Å². The van der Waals surface area contributed by atoms with Crippen LogP contribution in [-0.2, 0) is 16.1 Å². The van der Waals surface area contributed by atoms with Gasteiger partial charge in [0.05, 0.1) is 19.4 Å². The molecule has 1 aromatic rings. The van der Waals surface area contributed by atoms with Crippen LogP contribution in [0.4, 0.5) is 0 Å². The van der Waals surface area contributed by atoms with Crippen LogP contribution in [0.1, 0.15) is 31.1 Å². The van der Waals surface area contributed by atoms with Crippen molar-refractivity contribution in [3.63, 3.8) is 0 Å². The number of benzene rings is 1. The highest BCUT2D eigenvalue weighted by atomic mass is 16.7. The summed E-state index contributed by atoms with van der Waals surface area (Å²) in [4.78, 5) is 0. The number of rotatable bonds is 1. The Bertz CT molecular complexity index is 425. The van der Waals surface area contributed by atoms with Crippen LogP contribution in [0.25, 0.3) is 0 Å². The van der Waals surface area contributed by atoms with Gasteiger partial charge in [-0.3, -0.25) is 5.32 Å². The molecule has 2 aliphatic rings. The molecular weight excluding hydrogens is 218 g/mol. The van der Waals surface area contributed by atoms with Gasteiger partial charge in [0.2, 0.25) is 5.79 Å². The first kappa shape index (κ1) is 11.0. The summed E-state index contributed by atoms with van der Waals surface area (Å²) in [5.41, 5.74) is 2.28. The van der Waals surface area contributed by atoms with E-state index in [-0.39, 0.29) is 6.10 Å². The monoisotopic (exact) mass is 235 g/mol. The molecule has 4 nitrogen and oxygen atoms in total. The number of fused-ring (bicyclic) bond motifs is 1. The third-order valence-electron chi connectivity index (χ3n) is 3.10. The molecule has 0 radical (unpaired) electrons. The van der Waals surface area contributed by atoms with Gasteiger partial charge in [0.15, 0.2) is 0 Å². The molecule has 2 aliphatic heterocycles. The molecule has 1 fully saturated rings. The zero-order valence-electron chi connectivity index (χ0n) is 10.2. The Balaban J connectivity index is 1.87. The summed E-state index contributed by atoms with van der Waals surface area (Å²) in [6.45, 7) is 5.94. The molecule has 0 saturated carbocycles. The second-order valence-electron chi connectivity index (χ2n) is 4.91. The van der Waals surface area contributed by atoms with Gasteiger partial charge in [0.1, 0.15) is 5.75 Å². The smallest absolute Gasteiger partial charge is 0.205 e. The Labute approximate surface area is 101 Å². The van der Waals surface area contributed by atoms with E-state index >= 15 is 0 Å². The molecule has 1 atom stereocenters. The van der Waals surface area contributed by atoms with Crippen LogP contribution in [-0.4, -0.2) is 19.1 Å². The van der Waals surface area contributed by atoms with Crippen LogP contribution in [0.3, 0.4) is 0 Å². The normalized spacial score (nSPS) is 26.4. The molecule has 0 bridgehead atoms. The van der Waals surface area contributed by atoms with E-state index < -0.39 is 5.79 Å². The molecule has 0 amide bonds. The lowest BCUT2D eigenvalue weighted by Gasteiger charge is -2.32. The van der Waals surface area contributed by atoms with Gasteiger partial charge in [-0.05, 0) is 17.7 Å². The van der Waals surface area contributed by atoms with Gasteiger partial charge >= 0.3 is 0 Å². The Kier molecular flexibility index (Phi) is 2.58. The average Bonchev–Trinajstić information content (AvgIpc) is 2.81. The number of hydrogen-bond donors (Lipinski definition) is 1. The minimum absolute atomic E-state index is 0.148. The van der Waals surface area contributed by atoms with Gasteiger partial charge in [0, 0.05) is 26.0 Å². The van der Waals surface area contributed by atoms with E-state index in [2.05, 4.69) is 17.4 Å². The van der Waals surface area contributed by atoms with E-state index in [1.54, 1.807) is 0 Å². The average molecular weight is 235 g/mol. The van der Waals surface area contributed by atoms with E-state index in [4.69, 9.17) is 14.2 Å². The van der Waals surface area contributed by atoms with Crippen molar-refractivity contribution in [2.75, 3.05) is 13.3 Å². The summed E-state index contributed by atoms with van der Waals surface area (Å²) in [6.07, 6.45) is 0.148. The molecule has 92 valence electrons. The Morgan fingerprint density at radius 1 is 1.35 bits per heavy atom. The highest BCUT2D eigenvalue weighted by molar-refractivity contribution is 5.39. The lowest BCUT2D eigenvalue weighted by atomic mass is 10.0. The molecule has 0 unspecified atom stereocenters. The van der Waals surface area contributed by atoms with Crippen LogP contribution in [0.5, 0.6) is 5.75 Å². The molecule has 0 spiro atoms. The summed E-state index contributed by atoms with van der Waals surface area (Å²) in [5, 5.41) is 3.18. The standard InChI is InChI=1S/C13H17NO3/c1-13(2)16-7-10-5-9(3-4-11(10)17-13)12-6-14-8-15-12/h3-5,12,14H,6-8H2,1-2H3/t12-/m0/s1. The van der Waals surface area contributed by atoms with Gasteiger partial charge in [-0.15, -0.1) is 0 Å². The summed E-state index contributed by atoms with van der Waals surface area (Å²) in [5.74, 6) is 0.385. The first-order valence-corrected chi connectivity index (χ1v) is 5.92. The van der Waals surface area contributed by atoms with Crippen molar-refractivity contribution in [3.8, 4) is 5.75 Å². The van der Waals surface area contributed by atoms with E-state index in [0.717, 1.165) is 17.9 Å². The molecule has 0 aliphatic carbocycles. The van der Waals surface area contributed by atoms with E-state index in [1.807, 2.05) is 19.9 Å². The molecule has 0 aromatic heterocycles. The van der Waals surface area contributed by atoms with Crippen molar-refractivity contribution in [2.24, 2.45) is 0 Å². The van der Waals surface area contributed by atoms with E-state index in [9.17, 15) is 0 Å². The fraction of sp³-hybridized carbons (Fsp3) is 0.538. The highest BCUT2D eigenvalue weighted by Gasteiger charge is 2.28. The first-order chi connectivity index (χ1) is 8.14. The molecule has 1 aromatic carbocycles. The van der Waals surface area contributed by atoms with E-state index in [1.165, 1.54) is 5.56 Å². The maximum atomic E-state index is 5.76. The van der Waals surface area contributed by atoms with Crippen molar-refractivity contribution < 1.29 is 14.2 Å². The van der Waals surface area contributed by atoms with Gasteiger partial charge in [-0.1, -0.05) is 6.07 Å². The summed E-state index contributed by atoms with van der Waals surface area (Å²) < 4.78 is 17.0. The van der Waals surface area contributed by atoms with Gasteiger partial charge in [-0.25, -0.2) is 0 Å². The zero-order valence-corrected chi connectivity index (χ0v) is 10.2. The van der Waals surface area contributed by atoms with Crippen molar-refractivity contribution >= 4 is 0 Å². The van der Waals surface area contributed by atoms with Crippen molar-refractivity contribution in [1.29, 1.82) is 0 Å². The number of ether oxygens (including phenoxy) is 3. The summed E-state index contributed by atoms with van der Waals surface area (Å²) in [7, 11) is 0. The Morgan fingerprint density at radius 2 is 2.24 bits per heavy atom.